The Morgan fingerprint density at radius 3 is 3.08 bits per heavy atom. The molecule has 1 aliphatic heterocycles. The molecule has 3 heteroatoms. The third kappa shape index (κ3) is 2.81. The third-order valence-electron chi connectivity index (χ3n) is 2.15. The van der Waals surface area contributed by atoms with Crippen LogP contribution in [0.4, 0.5) is 0 Å². The van der Waals surface area contributed by atoms with Crippen molar-refractivity contribution in [3.8, 4) is 0 Å². The van der Waals surface area contributed by atoms with Crippen molar-refractivity contribution in [2.75, 3.05) is 26.2 Å². The Labute approximate surface area is 74.1 Å². The van der Waals surface area contributed by atoms with Crippen molar-refractivity contribution >= 4 is 5.91 Å². The molecule has 0 atom stereocenters. The van der Waals surface area contributed by atoms with E-state index < -0.39 is 0 Å². The molecule has 0 saturated carbocycles. The summed E-state index contributed by atoms with van der Waals surface area (Å²) in [5, 5.41) is 3.13. The van der Waals surface area contributed by atoms with Gasteiger partial charge in [0, 0.05) is 13.1 Å². The average Bonchev–Trinajstić information content (AvgIpc) is 2.05. The van der Waals surface area contributed by atoms with E-state index in [2.05, 4.69) is 12.2 Å². The lowest BCUT2D eigenvalue weighted by molar-refractivity contribution is -0.130. The van der Waals surface area contributed by atoms with Crippen LogP contribution in [0.3, 0.4) is 0 Å². The second-order valence-electron chi connectivity index (χ2n) is 3.26. The van der Waals surface area contributed by atoms with Gasteiger partial charge in [-0.25, -0.2) is 0 Å². The van der Waals surface area contributed by atoms with Crippen LogP contribution in [0.15, 0.2) is 0 Å². The van der Waals surface area contributed by atoms with Crippen LogP contribution in [-0.2, 0) is 4.79 Å². The average molecular weight is 170 g/mol. The van der Waals surface area contributed by atoms with E-state index in [1.807, 2.05) is 4.90 Å². The Morgan fingerprint density at radius 1 is 1.50 bits per heavy atom. The molecule has 1 heterocycles. The van der Waals surface area contributed by atoms with Gasteiger partial charge >= 0.3 is 0 Å². The number of hydrogen-bond acceptors (Lipinski definition) is 2. The number of nitrogens with zero attached hydrogens (tertiary/aromatic N) is 1. The largest absolute Gasteiger partial charge is 0.342 e. The summed E-state index contributed by atoms with van der Waals surface area (Å²) in [4.78, 5) is 13.4. The molecule has 12 heavy (non-hydrogen) atoms. The second-order valence-corrected chi connectivity index (χ2v) is 3.26. The fraction of sp³-hybridized carbons (Fsp3) is 0.889. The van der Waals surface area contributed by atoms with E-state index in [0.717, 1.165) is 32.5 Å². The predicted octanol–water partition coefficient (Wildman–Crippen LogP) is 0.608. The van der Waals surface area contributed by atoms with Gasteiger partial charge < -0.3 is 10.2 Å². The van der Waals surface area contributed by atoms with Crippen molar-refractivity contribution in [2.45, 2.75) is 26.2 Å². The molecule has 0 aromatic heterocycles. The summed E-state index contributed by atoms with van der Waals surface area (Å²) in [5.74, 6) is 0.261. The SMILES string of the molecule is CCCN1CCCCNCC1=O. The molecule has 1 saturated heterocycles. The Kier molecular flexibility index (Phi) is 4.08. The molecule has 0 aromatic carbocycles. The van der Waals surface area contributed by atoms with Gasteiger partial charge in [0.25, 0.3) is 0 Å². The number of rotatable bonds is 2. The Balaban J connectivity index is 2.37. The first-order chi connectivity index (χ1) is 5.84. The molecule has 70 valence electrons. The Morgan fingerprint density at radius 2 is 2.33 bits per heavy atom. The van der Waals surface area contributed by atoms with E-state index in [-0.39, 0.29) is 5.91 Å². The molecule has 1 rings (SSSR count). The minimum atomic E-state index is 0.261. The van der Waals surface area contributed by atoms with Crippen molar-refractivity contribution in [3.05, 3.63) is 0 Å². The number of carbonyl (C=O) groups excluding carboxylic acids is 1. The van der Waals surface area contributed by atoms with Crippen LogP contribution in [-0.4, -0.2) is 37.0 Å². The maximum atomic E-state index is 11.4. The summed E-state index contributed by atoms with van der Waals surface area (Å²) in [6.07, 6.45) is 3.39. The molecule has 0 spiro atoms. The minimum Gasteiger partial charge on any atom is -0.342 e. The predicted molar refractivity (Wildman–Crippen MR) is 49.0 cm³/mol. The standard InChI is InChI=1S/C9H18N2O/c1-2-6-11-7-4-3-5-10-8-9(11)12/h10H,2-8H2,1H3. The topological polar surface area (TPSA) is 32.3 Å². The summed E-state index contributed by atoms with van der Waals surface area (Å²) in [5.41, 5.74) is 0. The lowest BCUT2D eigenvalue weighted by Crippen LogP contribution is -2.41. The molecule has 0 unspecified atom stereocenters. The van der Waals surface area contributed by atoms with E-state index in [1.165, 1.54) is 6.42 Å². The first-order valence-corrected chi connectivity index (χ1v) is 4.83. The number of hydrogen-bond donors (Lipinski definition) is 1. The van der Waals surface area contributed by atoms with Gasteiger partial charge in [0.15, 0.2) is 0 Å². The molecular weight excluding hydrogens is 152 g/mol. The van der Waals surface area contributed by atoms with Crippen molar-refractivity contribution in [1.82, 2.24) is 10.2 Å². The quantitative estimate of drug-likeness (QED) is 0.658. The van der Waals surface area contributed by atoms with Crippen molar-refractivity contribution in [3.63, 3.8) is 0 Å². The van der Waals surface area contributed by atoms with E-state index in [0.29, 0.717) is 6.54 Å². The minimum absolute atomic E-state index is 0.261. The van der Waals surface area contributed by atoms with Crippen molar-refractivity contribution in [1.29, 1.82) is 0 Å². The molecule has 3 nitrogen and oxygen atoms in total. The zero-order valence-corrected chi connectivity index (χ0v) is 7.81. The maximum absolute atomic E-state index is 11.4. The highest BCUT2D eigenvalue weighted by molar-refractivity contribution is 5.78. The number of amides is 1. The number of carbonyl (C=O) groups is 1. The van der Waals surface area contributed by atoms with Crippen LogP contribution >= 0.6 is 0 Å². The van der Waals surface area contributed by atoms with Gasteiger partial charge in [0.1, 0.15) is 0 Å². The highest BCUT2D eigenvalue weighted by Gasteiger charge is 2.13. The van der Waals surface area contributed by atoms with Gasteiger partial charge in [0.2, 0.25) is 5.91 Å². The summed E-state index contributed by atoms with van der Waals surface area (Å²) in [6.45, 7) is 5.50. The maximum Gasteiger partial charge on any atom is 0.236 e. The van der Waals surface area contributed by atoms with Crippen LogP contribution in [0.1, 0.15) is 26.2 Å². The van der Waals surface area contributed by atoms with E-state index in [4.69, 9.17) is 0 Å². The van der Waals surface area contributed by atoms with Gasteiger partial charge in [-0.15, -0.1) is 0 Å². The molecule has 1 N–H and O–H groups in total. The first kappa shape index (κ1) is 9.52. The smallest absolute Gasteiger partial charge is 0.236 e. The molecule has 1 aliphatic rings. The summed E-state index contributed by atoms with van der Waals surface area (Å²) < 4.78 is 0. The molecule has 0 aromatic rings. The van der Waals surface area contributed by atoms with Crippen LogP contribution in [0.25, 0.3) is 0 Å². The zero-order valence-electron chi connectivity index (χ0n) is 7.81. The van der Waals surface area contributed by atoms with Crippen molar-refractivity contribution < 1.29 is 4.79 Å². The first-order valence-electron chi connectivity index (χ1n) is 4.83. The molecule has 1 fully saturated rings. The summed E-state index contributed by atoms with van der Waals surface area (Å²) in [7, 11) is 0. The molecule has 0 radical (unpaired) electrons. The fourth-order valence-electron chi connectivity index (χ4n) is 1.49. The Bertz CT molecular complexity index is 147. The van der Waals surface area contributed by atoms with E-state index in [1.54, 1.807) is 0 Å². The van der Waals surface area contributed by atoms with Gasteiger partial charge in [-0.05, 0) is 25.8 Å². The lowest BCUT2D eigenvalue weighted by atomic mass is 10.2. The molecular formula is C9H18N2O. The fourth-order valence-corrected chi connectivity index (χ4v) is 1.49. The van der Waals surface area contributed by atoms with Crippen LogP contribution < -0.4 is 5.32 Å². The lowest BCUT2D eigenvalue weighted by Gasteiger charge is -2.24. The van der Waals surface area contributed by atoms with Crippen LogP contribution in [0.5, 0.6) is 0 Å². The van der Waals surface area contributed by atoms with E-state index in [9.17, 15) is 4.79 Å². The van der Waals surface area contributed by atoms with Crippen LogP contribution in [0.2, 0.25) is 0 Å². The van der Waals surface area contributed by atoms with Crippen LogP contribution in [0, 0.1) is 0 Å². The Hall–Kier alpha value is -0.570. The zero-order chi connectivity index (χ0) is 8.81. The number of nitrogens with one attached hydrogen (secondary N) is 1. The van der Waals surface area contributed by atoms with Gasteiger partial charge in [-0.1, -0.05) is 6.92 Å². The summed E-state index contributed by atoms with van der Waals surface area (Å²) in [6, 6.07) is 0. The third-order valence-corrected chi connectivity index (χ3v) is 2.15. The normalized spacial score (nSPS) is 20.4. The van der Waals surface area contributed by atoms with Gasteiger partial charge in [-0.3, -0.25) is 4.79 Å². The monoisotopic (exact) mass is 170 g/mol. The molecule has 1 amide bonds. The van der Waals surface area contributed by atoms with Gasteiger partial charge in [-0.2, -0.15) is 0 Å². The molecule has 0 bridgehead atoms. The van der Waals surface area contributed by atoms with E-state index >= 15 is 0 Å². The van der Waals surface area contributed by atoms with Gasteiger partial charge in [0.05, 0.1) is 6.54 Å². The summed E-state index contributed by atoms with van der Waals surface area (Å²) >= 11 is 0. The second kappa shape index (κ2) is 5.14. The highest BCUT2D eigenvalue weighted by Crippen LogP contribution is 1.99. The molecule has 0 aliphatic carbocycles. The van der Waals surface area contributed by atoms with Crippen molar-refractivity contribution in [2.24, 2.45) is 0 Å². The highest BCUT2D eigenvalue weighted by atomic mass is 16.2.